The summed E-state index contributed by atoms with van der Waals surface area (Å²) in [4.78, 5) is 0. The van der Waals surface area contributed by atoms with Gasteiger partial charge in [-0.3, -0.25) is 4.57 Å². The molecule has 0 aliphatic heterocycles. The molecule has 0 saturated heterocycles. The molecule has 0 amide bonds. The summed E-state index contributed by atoms with van der Waals surface area (Å²) in [5.41, 5.74) is 0. The van der Waals surface area contributed by atoms with Gasteiger partial charge in [-0.15, -0.1) is 0 Å². The Balaban J connectivity index is 2.24. The summed E-state index contributed by atoms with van der Waals surface area (Å²) in [5, 5.41) is 3.48. The molecule has 0 bridgehead atoms. The van der Waals surface area contributed by atoms with Crippen molar-refractivity contribution in [2.24, 2.45) is 5.92 Å². The van der Waals surface area contributed by atoms with E-state index in [2.05, 4.69) is 12.2 Å². The van der Waals surface area contributed by atoms with E-state index < -0.39 is 7.60 Å². The zero-order chi connectivity index (χ0) is 13.4. The van der Waals surface area contributed by atoms with Gasteiger partial charge >= 0.3 is 7.60 Å². The maximum atomic E-state index is 12.2. The van der Waals surface area contributed by atoms with Crippen LogP contribution in [-0.2, 0) is 13.6 Å². The summed E-state index contributed by atoms with van der Waals surface area (Å²) < 4.78 is 22.8. The molecule has 1 saturated carbocycles. The third-order valence-electron chi connectivity index (χ3n) is 3.49. The van der Waals surface area contributed by atoms with E-state index in [9.17, 15) is 4.57 Å². The summed E-state index contributed by atoms with van der Waals surface area (Å²) in [6.45, 7) is 7.62. The van der Waals surface area contributed by atoms with Crippen LogP contribution in [0.25, 0.3) is 0 Å². The van der Waals surface area contributed by atoms with E-state index in [0.717, 1.165) is 12.5 Å². The van der Waals surface area contributed by atoms with E-state index >= 15 is 0 Å². The molecule has 4 nitrogen and oxygen atoms in total. The van der Waals surface area contributed by atoms with E-state index in [4.69, 9.17) is 9.05 Å². The van der Waals surface area contributed by atoms with E-state index in [-0.39, 0.29) is 0 Å². The molecule has 1 N–H and O–H groups in total. The molecule has 1 rings (SSSR count). The van der Waals surface area contributed by atoms with Crippen LogP contribution in [0.15, 0.2) is 0 Å². The average molecular weight is 277 g/mol. The van der Waals surface area contributed by atoms with Gasteiger partial charge in [0.15, 0.2) is 0 Å². The molecule has 108 valence electrons. The van der Waals surface area contributed by atoms with Crippen molar-refractivity contribution in [3.05, 3.63) is 0 Å². The molecule has 1 aliphatic rings. The second-order valence-corrected chi connectivity index (χ2v) is 7.27. The maximum Gasteiger partial charge on any atom is 0.331 e. The maximum absolute atomic E-state index is 12.2. The van der Waals surface area contributed by atoms with Crippen molar-refractivity contribution >= 4 is 7.60 Å². The van der Waals surface area contributed by atoms with Crippen molar-refractivity contribution in [2.45, 2.75) is 52.5 Å². The molecule has 0 atom stereocenters. The van der Waals surface area contributed by atoms with Crippen LogP contribution < -0.4 is 5.32 Å². The van der Waals surface area contributed by atoms with Crippen molar-refractivity contribution in [1.29, 1.82) is 0 Å². The van der Waals surface area contributed by atoms with Crippen LogP contribution in [0.1, 0.15) is 46.5 Å². The van der Waals surface area contributed by atoms with Gasteiger partial charge in [-0.1, -0.05) is 6.92 Å². The van der Waals surface area contributed by atoms with Crippen LogP contribution in [0.4, 0.5) is 0 Å². The van der Waals surface area contributed by atoms with Crippen LogP contribution in [0, 0.1) is 5.92 Å². The first-order valence-electron chi connectivity index (χ1n) is 7.21. The van der Waals surface area contributed by atoms with Crippen molar-refractivity contribution in [2.75, 3.05) is 25.9 Å². The molecular formula is C13H28NO3P. The summed E-state index contributed by atoms with van der Waals surface area (Å²) in [6, 6.07) is 0.581. The van der Waals surface area contributed by atoms with Crippen molar-refractivity contribution in [3.63, 3.8) is 0 Å². The molecule has 0 aromatic rings. The van der Waals surface area contributed by atoms with E-state index in [0.29, 0.717) is 25.4 Å². The Hall–Kier alpha value is 0.110. The lowest BCUT2D eigenvalue weighted by Crippen LogP contribution is -2.34. The first-order valence-corrected chi connectivity index (χ1v) is 8.94. The average Bonchev–Trinajstić information content (AvgIpc) is 2.32. The lowest BCUT2D eigenvalue weighted by atomic mass is 9.87. The number of nitrogens with one attached hydrogen (secondary N) is 1. The summed E-state index contributed by atoms with van der Waals surface area (Å²) in [6.07, 6.45) is 5.53. The SMILES string of the molecule is CCOP(=O)(CCNC1CCC(C)CC1)OCC. The fraction of sp³-hybridized carbons (Fsp3) is 1.00. The zero-order valence-corrected chi connectivity index (χ0v) is 12.9. The van der Waals surface area contributed by atoms with Gasteiger partial charge in [0.25, 0.3) is 0 Å². The van der Waals surface area contributed by atoms with Crippen molar-refractivity contribution in [1.82, 2.24) is 5.32 Å². The Labute approximate surface area is 111 Å². The monoisotopic (exact) mass is 277 g/mol. The molecule has 0 unspecified atom stereocenters. The molecular weight excluding hydrogens is 249 g/mol. The lowest BCUT2D eigenvalue weighted by Gasteiger charge is -2.27. The molecule has 1 fully saturated rings. The van der Waals surface area contributed by atoms with Gasteiger partial charge in [-0.25, -0.2) is 0 Å². The minimum absolute atomic E-state index is 0.443. The summed E-state index contributed by atoms with van der Waals surface area (Å²) in [7, 11) is -2.86. The topological polar surface area (TPSA) is 47.6 Å². The van der Waals surface area contributed by atoms with Crippen molar-refractivity contribution in [3.8, 4) is 0 Å². The van der Waals surface area contributed by atoms with E-state index in [1.54, 1.807) is 0 Å². The summed E-state index contributed by atoms with van der Waals surface area (Å²) in [5.74, 6) is 0.862. The Bertz CT molecular complexity index is 255. The Morgan fingerprint density at radius 3 is 2.17 bits per heavy atom. The molecule has 0 heterocycles. The quantitative estimate of drug-likeness (QED) is 0.691. The van der Waals surface area contributed by atoms with Crippen LogP contribution in [0.2, 0.25) is 0 Å². The fourth-order valence-corrected chi connectivity index (χ4v) is 3.95. The van der Waals surface area contributed by atoms with Crippen molar-refractivity contribution < 1.29 is 13.6 Å². The molecule has 0 radical (unpaired) electrons. The summed E-state index contributed by atoms with van der Waals surface area (Å²) >= 11 is 0. The molecule has 0 aromatic carbocycles. The highest BCUT2D eigenvalue weighted by atomic mass is 31.2. The molecule has 1 aliphatic carbocycles. The highest BCUT2D eigenvalue weighted by Gasteiger charge is 2.24. The smallest absolute Gasteiger partial charge is 0.313 e. The van der Waals surface area contributed by atoms with Crippen LogP contribution in [0.3, 0.4) is 0 Å². The Kier molecular flexibility index (Phi) is 7.47. The lowest BCUT2D eigenvalue weighted by molar-refractivity contribution is 0.219. The minimum atomic E-state index is -2.86. The Morgan fingerprint density at radius 1 is 1.11 bits per heavy atom. The second kappa shape index (κ2) is 8.31. The van der Waals surface area contributed by atoms with Gasteiger partial charge in [-0.2, -0.15) is 0 Å². The third kappa shape index (κ3) is 5.83. The number of hydrogen-bond acceptors (Lipinski definition) is 4. The highest BCUT2D eigenvalue weighted by Crippen LogP contribution is 2.47. The number of rotatable bonds is 8. The van der Waals surface area contributed by atoms with Crippen LogP contribution in [0.5, 0.6) is 0 Å². The first-order chi connectivity index (χ1) is 8.59. The predicted octanol–water partition coefficient (Wildman–Crippen LogP) is 3.42. The molecule has 0 aromatic heterocycles. The van der Waals surface area contributed by atoms with Crippen LogP contribution >= 0.6 is 7.60 Å². The minimum Gasteiger partial charge on any atom is -0.313 e. The first kappa shape index (κ1) is 16.2. The van der Waals surface area contributed by atoms with Gasteiger partial charge in [0, 0.05) is 12.6 Å². The second-order valence-electron chi connectivity index (χ2n) is 5.08. The van der Waals surface area contributed by atoms with E-state index in [1.165, 1.54) is 25.7 Å². The van der Waals surface area contributed by atoms with Crippen LogP contribution in [-0.4, -0.2) is 32.0 Å². The van der Waals surface area contributed by atoms with Gasteiger partial charge < -0.3 is 14.4 Å². The number of hydrogen-bond donors (Lipinski definition) is 1. The van der Waals surface area contributed by atoms with E-state index in [1.807, 2.05) is 13.8 Å². The third-order valence-corrected chi connectivity index (χ3v) is 5.56. The standard InChI is InChI=1S/C13H28NO3P/c1-4-16-18(15,17-5-2)11-10-14-13-8-6-12(3)7-9-13/h12-14H,4-11H2,1-3H3. The Morgan fingerprint density at radius 2 is 1.67 bits per heavy atom. The predicted molar refractivity (Wildman–Crippen MR) is 75.1 cm³/mol. The molecule has 0 spiro atoms. The van der Waals surface area contributed by atoms with Gasteiger partial charge in [0.2, 0.25) is 0 Å². The van der Waals surface area contributed by atoms with Gasteiger partial charge in [0.05, 0.1) is 19.4 Å². The largest absolute Gasteiger partial charge is 0.331 e. The normalized spacial score (nSPS) is 25.3. The van der Waals surface area contributed by atoms with Gasteiger partial charge in [0.1, 0.15) is 0 Å². The molecule has 5 heteroatoms. The molecule has 18 heavy (non-hydrogen) atoms. The van der Waals surface area contributed by atoms with Gasteiger partial charge in [-0.05, 0) is 45.4 Å². The zero-order valence-electron chi connectivity index (χ0n) is 12.0. The highest BCUT2D eigenvalue weighted by molar-refractivity contribution is 7.53. The fourth-order valence-electron chi connectivity index (χ4n) is 2.43.